The first-order valence-corrected chi connectivity index (χ1v) is 9.49. The van der Waals surface area contributed by atoms with Crippen LogP contribution >= 0.6 is 11.8 Å². The van der Waals surface area contributed by atoms with Gasteiger partial charge in [0, 0.05) is 17.6 Å². The number of carbonyl (C=O) groups excluding carboxylic acids is 1. The fraction of sp³-hybridized carbons (Fsp3) is 0.190. The average molecular weight is 379 g/mol. The molecule has 1 aromatic heterocycles. The minimum Gasteiger partial charge on any atom is -0.311 e. The monoisotopic (exact) mass is 379 g/mol. The SMILES string of the molecule is Cc1cc(SCC(=O)N(CCC#N)c2ccc(F)cc2)nc2ccccc12. The smallest absolute Gasteiger partial charge is 0.237 e. The summed E-state index contributed by atoms with van der Waals surface area (Å²) in [6.07, 6.45) is 0.209. The highest BCUT2D eigenvalue weighted by molar-refractivity contribution is 7.99. The Morgan fingerprint density at radius 1 is 1.22 bits per heavy atom. The van der Waals surface area contributed by atoms with E-state index in [0.29, 0.717) is 5.69 Å². The standard InChI is InChI=1S/C21H18FN3OS/c1-15-13-20(24-19-6-3-2-5-18(15)19)27-14-21(26)25(12-4-11-23)17-9-7-16(22)8-10-17/h2-3,5-10,13H,4,12,14H2,1H3. The molecule has 6 heteroatoms. The molecule has 0 aliphatic heterocycles. The third-order valence-electron chi connectivity index (χ3n) is 4.13. The van der Waals surface area contributed by atoms with Gasteiger partial charge in [0.1, 0.15) is 5.82 Å². The van der Waals surface area contributed by atoms with Crippen LogP contribution in [0.1, 0.15) is 12.0 Å². The normalized spacial score (nSPS) is 10.6. The molecule has 3 rings (SSSR count). The summed E-state index contributed by atoms with van der Waals surface area (Å²) in [5.74, 6) is -0.320. The Balaban J connectivity index is 1.75. The van der Waals surface area contributed by atoms with E-state index in [1.807, 2.05) is 43.3 Å². The van der Waals surface area contributed by atoms with Gasteiger partial charge in [-0.2, -0.15) is 5.26 Å². The summed E-state index contributed by atoms with van der Waals surface area (Å²) in [6, 6.07) is 17.6. The van der Waals surface area contributed by atoms with Crippen molar-refractivity contribution in [1.29, 1.82) is 5.26 Å². The van der Waals surface area contributed by atoms with Crippen LogP contribution in [0.3, 0.4) is 0 Å². The molecule has 1 amide bonds. The largest absolute Gasteiger partial charge is 0.311 e. The molecular weight excluding hydrogens is 361 g/mol. The predicted octanol–water partition coefficient (Wildman–Crippen LogP) is 4.72. The first kappa shape index (κ1) is 18.9. The van der Waals surface area contributed by atoms with Crippen LogP contribution in [0.15, 0.2) is 59.6 Å². The summed E-state index contributed by atoms with van der Waals surface area (Å²) in [4.78, 5) is 18.9. The van der Waals surface area contributed by atoms with E-state index in [4.69, 9.17) is 5.26 Å². The number of aromatic nitrogens is 1. The van der Waals surface area contributed by atoms with Crippen LogP contribution in [-0.2, 0) is 4.79 Å². The average Bonchev–Trinajstić information content (AvgIpc) is 2.68. The van der Waals surface area contributed by atoms with Gasteiger partial charge >= 0.3 is 0 Å². The van der Waals surface area contributed by atoms with E-state index in [9.17, 15) is 9.18 Å². The molecule has 0 bridgehead atoms. The lowest BCUT2D eigenvalue weighted by atomic mass is 10.1. The second-order valence-electron chi connectivity index (χ2n) is 6.01. The van der Waals surface area contributed by atoms with Gasteiger partial charge in [0.15, 0.2) is 0 Å². The van der Waals surface area contributed by atoms with E-state index < -0.39 is 0 Å². The minimum atomic E-state index is -0.364. The Labute approximate surface area is 161 Å². The number of aryl methyl sites for hydroxylation is 1. The van der Waals surface area contributed by atoms with Gasteiger partial charge < -0.3 is 4.90 Å². The summed E-state index contributed by atoms with van der Waals surface area (Å²) >= 11 is 1.36. The molecule has 1 heterocycles. The van der Waals surface area contributed by atoms with Crippen molar-refractivity contribution >= 4 is 34.3 Å². The fourth-order valence-electron chi connectivity index (χ4n) is 2.79. The van der Waals surface area contributed by atoms with E-state index in [0.717, 1.165) is 21.5 Å². The summed E-state index contributed by atoms with van der Waals surface area (Å²) in [5.41, 5.74) is 2.59. The minimum absolute atomic E-state index is 0.144. The lowest BCUT2D eigenvalue weighted by molar-refractivity contribution is -0.116. The number of rotatable bonds is 6. The van der Waals surface area contributed by atoms with Gasteiger partial charge in [0.2, 0.25) is 5.91 Å². The zero-order chi connectivity index (χ0) is 19.2. The molecule has 136 valence electrons. The van der Waals surface area contributed by atoms with Crippen LogP contribution in [0.4, 0.5) is 10.1 Å². The lowest BCUT2D eigenvalue weighted by Gasteiger charge is -2.21. The number of benzene rings is 2. The molecule has 0 aliphatic carbocycles. The van der Waals surface area contributed by atoms with Crippen LogP contribution in [0.5, 0.6) is 0 Å². The maximum atomic E-state index is 13.2. The number of pyridine rings is 1. The van der Waals surface area contributed by atoms with E-state index in [1.54, 1.807) is 12.1 Å². The highest BCUT2D eigenvalue weighted by Gasteiger charge is 2.16. The van der Waals surface area contributed by atoms with Gasteiger partial charge in [-0.25, -0.2) is 9.37 Å². The topological polar surface area (TPSA) is 57.0 Å². The molecule has 4 nitrogen and oxygen atoms in total. The molecule has 0 radical (unpaired) electrons. The molecule has 0 N–H and O–H groups in total. The lowest BCUT2D eigenvalue weighted by Crippen LogP contribution is -2.33. The third-order valence-corrected chi connectivity index (χ3v) is 5.03. The van der Waals surface area contributed by atoms with Crippen molar-refractivity contribution in [3.63, 3.8) is 0 Å². The zero-order valence-electron chi connectivity index (χ0n) is 14.9. The molecule has 0 aliphatic rings. The van der Waals surface area contributed by atoms with Crippen molar-refractivity contribution in [2.24, 2.45) is 0 Å². The fourth-order valence-corrected chi connectivity index (χ4v) is 3.64. The number of carbonyl (C=O) groups is 1. The molecule has 0 saturated carbocycles. The van der Waals surface area contributed by atoms with Crippen molar-refractivity contribution in [3.8, 4) is 6.07 Å². The highest BCUT2D eigenvalue weighted by Crippen LogP contribution is 2.25. The van der Waals surface area contributed by atoms with Gasteiger partial charge in [0.05, 0.1) is 28.8 Å². The second kappa shape index (κ2) is 8.65. The Bertz CT molecular complexity index is 998. The number of nitrogens with zero attached hydrogens (tertiary/aromatic N) is 3. The number of hydrogen-bond donors (Lipinski definition) is 0. The quantitative estimate of drug-likeness (QED) is 0.582. The molecule has 0 atom stereocenters. The predicted molar refractivity (Wildman–Crippen MR) is 106 cm³/mol. The Morgan fingerprint density at radius 3 is 2.70 bits per heavy atom. The van der Waals surface area contributed by atoms with E-state index in [-0.39, 0.29) is 30.4 Å². The molecule has 3 aromatic rings. The van der Waals surface area contributed by atoms with Crippen molar-refractivity contribution in [3.05, 3.63) is 66.0 Å². The summed E-state index contributed by atoms with van der Waals surface area (Å²) in [5, 5.41) is 10.7. The molecule has 0 fully saturated rings. The van der Waals surface area contributed by atoms with Crippen molar-refractivity contribution in [1.82, 2.24) is 4.98 Å². The number of halogens is 1. The number of anilines is 1. The van der Waals surface area contributed by atoms with Gasteiger partial charge in [-0.15, -0.1) is 0 Å². The summed E-state index contributed by atoms with van der Waals surface area (Å²) in [6.45, 7) is 2.29. The number of nitriles is 1. The zero-order valence-corrected chi connectivity index (χ0v) is 15.7. The molecule has 2 aromatic carbocycles. The molecule has 27 heavy (non-hydrogen) atoms. The Morgan fingerprint density at radius 2 is 1.96 bits per heavy atom. The van der Waals surface area contributed by atoms with Crippen LogP contribution in [-0.4, -0.2) is 23.2 Å². The Hall–Kier alpha value is -2.91. The molecular formula is C21H18FN3OS. The van der Waals surface area contributed by atoms with Gasteiger partial charge in [0.25, 0.3) is 0 Å². The number of para-hydroxylation sites is 1. The van der Waals surface area contributed by atoms with Crippen molar-refractivity contribution < 1.29 is 9.18 Å². The van der Waals surface area contributed by atoms with Crippen molar-refractivity contribution in [2.75, 3.05) is 17.2 Å². The van der Waals surface area contributed by atoms with Gasteiger partial charge in [-0.05, 0) is 48.9 Å². The van der Waals surface area contributed by atoms with E-state index >= 15 is 0 Å². The third kappa shape index (κ3) is 4.63. The second-order valence-corrected chi connectivity index (χ2v) is 7.01. The van der Waals surface area contributed by atoms with Crippen molar-refractivity contribution in [2.45, 2.75) is 18.4 Å². The molecule has 0 saturated heterocycles. The first-order chi connectivity index (χ1) is 13.1. The summed E-state index contributed by atoms with van der Waals surface area (Å²) in [7, 11) is 0. The number of amides is 1. The Kier molecular flexibility index (Phi) is 6.05. The maximum absolute atomic E-state index is 13.2. The number of thioether (sulfide) groups is 1. The van der Waals surface area contributed by atoms with Crippen LogP contribution in [0.25, 0.3) is 10.9 Å². The summed E-state index contributed by atoms with van der Waals surface area (Å²) < 4.78 is 13.2. The van der Waals surface area contributed by atoms with Gasteiger partial charge in [-0.3, -0.25) is 4.79 Å². The highest BCUT2D eigenvalue weighted by atomic mass is 32.2. The van der Waals surface area contributed by atoms with Crippen LogP contribution in [0, 0.1) is 24.1 Å². The molecule has 0 unspecified atom stereocenters. The maximum Gasteiger partial charge on any atom is 0.237 e. The van der Waals surface area contributed by atoms with E-state index in [2.05, 4.69) is 4.98 Å². The first-order valence-electron chi connectivity index (χ1n) is 8.50. The number of hydrogen-bond acceptors (Lipinski definition) is 4. The number of fused-ring (bicyclic) bond motifs is 1. The van der Waals surface area contributed by atoms with E-state index in [1.165, 1.54) is 28.8 Å². The van der Waals surface area contributed by atoms with Crippen LogP contribution in [0.2, 0.25) is 0 Å². The van der Waals surface area contributed by atoms with Gasteiger partial charge in [-0.1, -0.05) is 30.0 Å². The molecule has 0 spiro atoms. The van der Waals surface area contributed by atoms with Crippen LogP contribution < -0.4 is 4.90 Å².